The SMILES string of the molecule is Cc1ccccc1OCCCC(=O)NCc1nc(C(=O)O)cs1. The molecule has 1 heterocycles. The molecule has 0 aliphatic rings. The molecule has 23 heavy (non-hydrogen) atoms. The number of carbonyl (C=O) groups is 2. The lowest BCUT2D eigenvalue weighted by molar-refractivity contribution is -0.121. The molecule has 1 aromatic heterocycles. The van der Waals surface area contributed by atoms with Crippen LogP contribution in [0.2, 0.25) is 0 Å². The fourth-order valence-electron chi connectivity index (χ4n) is 1.89. The average molecular weight is 334 g/mol. The van der Waals surface area contributed by atoms with E-state index >= 15 is 0 Å². The third-order valence-electron chi connectivity index (χ3n) is 3.11. The second-order valence-corrected chi connectivity index (χ2v) is 5.87. The van der Waals surface area contributed by atoms with E-state index in [0.29, 0.717) is 24.5 Å². The predicted octanol–water partition coefficient (Wildman–Crippen LogP) is 2.63. The van der Waals surface area contributed by atoms with Gasteiger partial charge in [0.25, 0.3) is 0 Å². The lowest BCUT2D eigenvalue weighted by atomic mass is 10.2. The van der Waals surface area contributed by atoms with Crippen LogP contribution in [-0.2, 0) is 11.3 Å². The van der Waals surface area contributed by atoms with E-state index in [-0.39, 0.29) is 18.1 Å². The first kappa shape index (κ1) is 17.0. The number of carboxylic acids is 1. The number of nitrogens with zero attached hydrogens (tertiary/aromatic N) is 1. The third kappa shape index (κ3) is 5.37. The van der Waals surface area contributed by atoms with E-state index in [1.807, 2.05) is 31.2 Å². The molecule has 1 aromatic carbocycles. The van der Waals surface area contributed by atoms with Crippen molar-refractivity contribution >= 4 is 23.2 Å². The lowest BCUT2D eigenvalue weighted by Gasteiger charge is -2.08. The summed E-state index contributed by atoms with van der Waals surface area (Å²) >= 11 is 1.22. The maximum atomic E-state index is 11.7. The Morgan fingerprint density at radius 1 is 1.35 bits per heavy atom. The normalized spacial score (nSPS) is 10.3. The van der Waals surface area contributed by atoms with Gasteiger partial charge in [-0.25, -0.2) is 9.78 Å². The van der Waals surface area contributed by atoms with E-state index in [0.717, 1.165) is 11.3 Å². The molecular weight excluding hydrogens is 316 g/mol. The molecule has 2 aromatic rings. The van der Waals surface area contributed by atoms with Gasteiger partial charge in [-0.15, -0.1) is 11.3 Å². The summed E-state index contributed by atoms with van der Waals surface area (Å²) in [5.74, 6) is -0.338. The number of carboxylic acid groups (broad SMARTS) is 1. The van der Waals surface area contributed by atoms with Gasteiger partial charge in [0.15, 0.2) is 5.69 Å². The van der Waals surface area contributed by atoms with Crippen molar-refractivity contribution in [3.05, 3.63) is 45.9 Å². The Morgan fingerprint density at radius 2 is 2.13 bits per heavy atom. The molecule has 0 bridgehead atoms. The highest BCUT2D eigenvalue weighted by Crippen LogP contribution is 2.16. The van der Waals surface area contributed by atoms with Gasteiger partial charge in [0.05, 0.1) is 13.2 Å². The fourth-order valence-corrected chi connectivity index (χ4v) is 2.59. The van der Waals surface area contributed by atoms with Crippen molar-refractivity contribution in [2.75, 3.05) is 6.61 Å². The Balaban J connectivity index is 1.65. The molecule has 1 amide bonds. The standard InChI is InChI=1S/C16H18N2O4S/c1-11-5-2-3-6-13(11)22-8-4-7-14(19)17-9-15-18-12(10-23-15)16(20)21/h2-3,5-6,10H,4,7-9H2,1H3,(H,17,19)(H,20,21). The van der Waals surface area contributed by atoms with Gasteiger partial charge < -0.3 is 15.2 Å². The van der Waals surface area contributed by atoms with Gasteiger partial charge >= 0.3 is 5.97 Å². The molecule has 2 N–H and O–H groups in total. The van der Waals surface area contributed by atoms with Gasteiger partial charge in [-0.1, -0.05) is 18.2 Å². The molecule has 0 fully saturated rings. The second kappa shape index (κ2) is 8.28. The van der Waals surface area contributed by atoms with Gasteiger partial charge in [0, 0.05) is 11.8 Å². The van der Waals surface area contributed by atoms with Crippen LogP contribution in [0.1, 0.15) is 33.9 Å². The largest absolute Gasteiger partial charge is 0.493 e. The second-order valence-electron chi connectivity index (χ2n) is 4.93. The van der Waals surface area contributed by atoms with Crippen LogP contribution in [0.25, 0.3) is 0 Å². The number of rotatable bonds is 8. The zero-order valence-corrected chi connectivity index (χ0v) is 13.6. The number of nitrogens with one attached hydrogen (secondary N) is 1. The summed E-state index contributed by atoms with van der Waals surface area (Å²) in [7, 11) is 0. The van der Waals surface area contributed by atoms with Crippen molar-refractivity contribution in [1.29, 1.82) is 0 Å². The first-order valence-corrected chi connectivity index (χ1v) is 8.07. The number of benzene rings is 1. The minimum atomic E-state index is -1.06. The summed E-state index contributed by atoms with van der Waals surface area (Å²) in [4.78, 5) is 26.3. The number of hydrogen-bond donors (Lipinski definition) is 2. The quantitative estimate of drug-likeness (QED) is 0.725. The van der Waals surface area contributed by atoms with Crippen molar-refractivity contribution in [2.24, 2.45) is 0 Å². The predicted molar refractivity (Wildman–Crippen MR) is 86.8 cm³/mol. The van der Waals surface area contributed by atoms with E-state index in [4.69, 9.17) is 9.84 Å². The fraction of sp³-hybridized carbons (Fsp3) is 0.312. The maximum absolute atomic E-state index is 11.7. The highest BCUT2D eigenvalue weighted by molar-refractivity contribution is 7.09. The molecule has 2 rings (SSSR count). The number of aryl methyl sites for hydroxylation is 1. The van der Waals surface area contributed by atoms with Crippen LogP contribution >= 0.6 is 11.3 Å². The molecule has 0 radical (unpaired) electrons. The van der Waals surface area contributed by atoms with Crippen LogP contribution < -0.4 is 10.1 Å². The monoisotopic (exact) mass is 334 g/mol. The Bertz CT molecular complexity index is 684. The summed E-state index contributed by atoms with van der Waals surface area (Å²) in [6.45, 7) is 2.69. The molecular formula is C16H18N2O4S. The Morgan fingerprint density at radius 3 is 2.83 bits per heavy atom. The number of hydrogen-bond acceptors (Lipinski definition) is 5. The van der Waals surface area contributed by atoms with Gasteiger partial charge in [0.2, 0.25) is 5.91 Å². The average Bonchev–Trinajstić information content (AvgIpc) is 3.00. The number of amides is 1. The van der Waals surface area contributed by atoms with Crippen molar-refractivity contribution < 1.29 is 19.4 Å². The molecule has 0 unspecified atom stereocenters. The van der Waals surface area contributed by atoms with Gasteiger partial charge in [-0.2, -0.15) is 0 Å². The smallest absolute Gasteiger partial charge is 0.355 e. The Kier molecular flexibility index (Phi) is 6.10. The highest BCUT2D eigenvalue weighted by Gasteiger charge is 2.09. The minimum Gasteiger partial charge on any atom is -0.493 e. The van der Waals surface area contributed by atoms with Crippen LogP contribution in [0.5, 0.6) is 5.75 Å². The van der Waals surface area contributed by atoms with Crippen LogP contribution in [-0.4, -0.2) is 28.6 Å². The summed E-state index contributed by atoms with van der Waals surface area (Å²) in [6.07, 6.45) is 0.960. The number of aromatic nitrogens is 1. The van der Waals surface area contributed by atoms with Crippen molar-refractivity contribution in [2.45, 2.75) is 26.3 Å². The molecule has 7 heteroatoms. The Labute approximate surface area is 138 Å². The molecule has 6 nitrogen and oxygen atoms in total. The van der Waals surface area contributed by atoms with Crippen molar-refractivity contribution in [1.82, 2.24) is 10.3 Å². The molecule has 0 aliphatic carbocycles. The van der Waals surface area contributed by atoms with Gasteiger partial charge in [-0.05, 0) is 25.0 Å². The topological polar surface area (TPSA) is 88.5 Å². The van der Waals surface area contributed by atoms with Crippen LogP contribution in [0, 0.1) is 6.92 Å². The summed E-state index contributed by atoms with van der Waals surface area (Å²) in [5, 5.41) is 13.5. The van der Waals surface area contributed by atoms with Crippen molar-refractivity contribution in [3.63, 3.8) is 0 Å². The number of carbonyl (C=O) groups excluding carboxylic acids is 1. The number of ether oxygens (including phenoxy) is 1. The molecule has 0 spiro atoms. The maximum Gasteiger partial charge on any atom is 0.355 e. The molecule has 0 saturated heterocycles. The van der Waals surface area contributed by atoms with E-state index in [1.165, 1.54) is 16.7 Å². The van der Waals surface area contributed by atoms with Crippen LogP contribution in [0.4, 0.5) is 0 Å². The van der Waals surface area contributed by atoms with Crippen molar-refractivity contribution in [3.8, 4) is 5.75 Å². The number of aromatic carboxylic acids is 1. The Hall–Kier alpha value is -2.41. The zero-order chi connectivity index (χ0) is 16.7. The summed E-state index contributed by atoms with van der Waals surface area (Å²) in [6, 6.07) is 7.73. The summed E-state index contributed by atoms with van der Waals surface area (Å²) in [5.41, 5.74) is 1.07. The van der Waals surface area contributed by atoms with Gasteiger partial charge in [0.1, 0.15) is 10.8 Å². The zero-order valence-electron chi connectivity index (χ0n) is 12.7. The molecule has 0 aliphatic heterocycles. The molecule has 0 atom stereocenters. The van der Waals surface area contributed by atoms with E-state index in [2.05, 4.69) is 10.3 Å². The van der Waals surface area contributed by atoms with E-state index in [1.54, 1.807) is 0 Å². The third-order valence-corrected chi connectivity index (χ3v) is 3.96. The molecule has 122 valence electrons. The highest BCUT2D eigenvalue weighted by atomic mass is 32.1. The first-order chi connectivity index (χ1) is 11.1. The summed E-state index contributed by atoms with van der Waals surface area (Å²) < 4.78 is 5.62. The first-order valence-electron chi connectivity index (χ1n) is 7.19. The van der Waals surface area contributed by atoms with Crippen LogP contribution in [0.3, 0.4) is 0 Å². The van der Waals surface area contributed by atoms with E-state index < -0.39 is 5.97 Å². The van der Waals surface area contributed by atoms with E-state index in [9.17, 15) is 9.59 Å². The van der Waals surface area contributed by atoms with Gasteiger partial charge in [-0.3, -0.25) is 4.79 Å². The molecule has 0 saturated carbocycles. The number of thiazole rings is 1. The lowest BCUT2D eigenvalue weighted by Crippen LogP contribution is -2.23. The van der Waals surface area contributed by atoms with Crippen LogP contribution in [0.15, 0.2) is 29.6 Å². The minimum absolute atomic E-state index is 0.00544. The number of para-hydroxylation sites is 1.